The lowest BCUT2D eigenvalue weighted by atomic mass is 9.51. The Labute approximate surface area is 90.5 Å². The lowest BCUT2D eigenvalue weighted by molar-refractivity contribution is -0.0403. The number of rotatable bonds is 2. The van der Waals surface area contributed by atoms with Crippen LogP contribution >= 0.6 is 0 Å². The molecule has 0 aromatic rings. The van der Waals surface area contributed by atoms with E-state index in [2.05, 4.69) is 41.5 Å². The van der Waals surface area contributed by atoms with Crippen molar-refractivity contribution in [1.29, 1.82) is 0 Å². The molecule has 84 valence electrons. The molecule has 2 unspecified atom stereocenters. The molecule has 4 atom stereocenters. The second-order valence-electron chi connectivity index (χ2n) is 6.19. The van der Waals surface area contributed by atoms with Gasteiger partial charge in [-0.1, -0.05) is 54.4 Å². The molecule has 0 spiro atoms. The standard InChI is InChI=1S/C14H28/c1-7-13(5)9-11(3)12(4)10-14(13,6)8-2/h11-12H,7-10H2,1-6H3/t11?,12?,13-,14+. The summed E-state index contributed by atoms with van der Waals surface area (Å²) in [7, 11) is 0. The molecule has 0 aromatic heterocycles. The van der Waals surface area contributed by atoms with Gasteiger partial charge in [-0.2, -0.15) is 0 Å². The highest BCUT2D eigenvalue weighted by Crippen LogP contribution is 2.57. The first-order chi connectivity index (χ1) is 6.38. The van der Waals surface area contributed by atoms with Gasteiger partial charge in [0.15, 0.2) is 0 Å². The molecule has 0 N–H and O–H groups in total. The fourth-order valence-corrected chi connectivity index (χ4v) is 3.46. The van der Waals surface area contributed by atoms with Gasteiger partial charge in [0.05, 0.1) is 0 Å². The highest BCUT2D eigenvalue weighted by atomic mass is 14.5. The van der Waals surface area contributed by atoms with Crippen LogP contribution in [0.2, 0.25) is 0 Å². The Morgan fingerprint density at radius 1 is 0.857 bits per heavy atom. The van der Waals surface area contributed by atoms with Crippen LogP contribution in [0.15, 0.2) is 0 Å². The van der Waals surface area contributed by atoms with Gasteiger partial charge in [0, 0.05) is 0 Å². The van der Waals surface area contributed by atoms with Crippen LogP contribution in [0, 0.1) is 22.7 Å². The van der Waals surface area contributed by atoms with Gasteiger partial charge < -0.3 is 0 Å². The van der Waals surface area contributed by atoms with E-state index in [9.17, 15) is 0 Å². The maximum Gasteiger partial charge on any atom is -0.0272 e. The Morgan fingerprint density at radius 2 is 1.14 bits per heavy atom. The van der Waals surface area contributed by atoms with Crippen molar-refractivity contribution < 1.29 is 0 Å². The summed E-state index contributed by atoms with van der Waals surface area (Å²) in [5, 5.41) is 0. The van der Waals surface area contributed by atoms with Crippen molar-refractivity contribution >= 4 is 0 Å². The summed E-state index contributed by atoms with van der Waals surface area (Å²) in [6.45, 7) is 14.6. The summed E-state index contributed by atoms with van der Waals surface area (Å²) in [6.07, 6.45) is 5.53. The van der Waals surface area contributed by atoms with Crippen LogP contribution in [0.4, 0.5) is 0 Å². The zero-order valence-electron chi connectivity index (χ0n) is 11.0. The summed E-state index contributed by atoms with van der Waals surface area (Å²) >= 11 is 0. The van der Waals surface area contributed by atoms with Crippen molar-refractivity contribution in [3.05, 3.63) is 0 Å². The Morgan fingerprint density at radius 3 is 1.36 bits per heavy atom. The maximum absolute atomic E-state index is 2.51. The highest BCUT2D eigenvalue weighted by molar-refractivity contribution is 4.97. The molecule has 0 aliphatic heterocycles. The minimum Gasteiger partial charge on any atom is -0.0648 e. The van der Waals surface area contributed by atoms with Gasteiger partial charge in [-0.25, -0.2) is 0 Å². The van der Waals surface area contributed by atoms with Crippen LogP contribution in [0.1, 0.15) is 67.2 Å². The highest BCUT2D eigenvalue weighted by Gasteiger charge is 2.47. The minimum absolute atomic E-state index is 0.577. The van der Waals surface area contributed by atoms with E-state index in [1.807, 2.05) is 0 Å². The maximum atomic E-state index is 2.51. The molecule has 1 aliphatic carbocycles. The first-order valence-corrected chi connectivity index (χ1v) is 6.38. The van der Waals surface area contributed by atoms with E-state index in [4.69, 9.17) is 0 Å². The normalized spacial score (nSPS) is 49.3. The smallest absolute Gasteiger partial charge is 0.0272 e. The fraction of sp³-hybridized carbons (Fsp3) is 1.00. The molecule has 1 rings (SSSR count). The van der Waals surface area contributed by atoms with E-state index in [0.717, 1.165) is 11.8 Å². The molecule has 1 saturated carbocycles. The molecule has 0 heterocycles. The molecule has 0 aromatic carbocycles. The van der Waals surface area contributed by atoms with E-state index >= 15 is 0 Å². The van der Waals surface area contributed by atoms with Crippen molar-refractivity contribution in [3.63, 3.8) is 0 Å². The molecule has 1 fully saturated rings. The van der Waals surface area contributed by atoms with Crippen molar-refractivity contribution in [1.82, 2.24) is 0 Å². The fourth-order valence-electron chi connectivity index (χ4n) is 3.46. The van der Waals surface area contributed by atoms with Crippen molar-refractivity contribution in [2.75, 3.05) is 0 Å². The van der Waals surface area contributed by atoms with Crippen LogP contribution < -0.4 is 0 Å². The SMILES string of the molecule is CC[C@@]1(C)CC(C)C(C)C[C@@]1(C)CC. The van der Waals surface area contributed by atoms with Crippen molar-refractivity contribution in [2.45, 2.75) is 67.2 Å². The summed E-state index contributed by atoms with van der Waals surface area (Å²) in [6, 6.07) is 0. The van der Waals surface area contributed by atoms with E-state index in [1.165, 1.54) is 25.7 Å². The second-order valence-corrected chi connectivity index (χ2v) is 6.19. The quantitative estimate of drug-likeness (QED) is 0.590. The molecular formula is C14H28. The summed E-state index contributed by atoms with van der Waals surface area (Å²) in [5.74, 6) is 1.83. The topological polar surface area (TPSA) is 0 Å². The van der Waals surface area contributed by atoms with Gasteiger partial charge in [-0.15, -0.1) is 0 Å². The predicted molar refractivity (Wildman–Crippen MR) is 64.4 cm³/mol. The Balaban J connectivity index is 2.92. The first kappa shape index (κ1) is 12.1. The number of hydrogen-bond acceptors (Lipinski definition) is 0. The summed E-state index contributed by atoms with van der Waals surface area (Å²) in [4.78, 5) is 0. The molecule has 14 heavy (non-hydrogen) atoms. The van der Waals surface area contributed by atoms with Gasteiger partial charge >= 0.3 is 0 Å². The van der Waals surface area contributed by atoms with Crippen molar-refractivity contribution in [2.24, 2.45) is 22.7 Å². The average molecular weight is 196 g/mol. The van der Waals surface area contributed by atoms with E-state index in [-0.39, 0.29) is 0 Å². The molecule has 1 aliphatic rings. The molecule has 0 saturated heterocycles. The minimum atomic E-state index is 0.577. The average Bonchev–Trinajstić information content (AvgIpc) is 2.15. The third kappa shape index (κ3) is 1.73. The van der Waals surface area contributed by atoms with Crippen LogP contribution in [0.3, 0.4) is 0 Å². The largest absolute Gasteiger partial charge is 0.0648 e. The van der Waals surface area contributed by atoms with E-state index < -0.39 is 0 Å². The summed E-state index contributed by atoms with van der Waals surface area (Å²) in [5.41, 5.74) is 1.15. The van der Waals surface area contributed by atoms with Crippen LogP contribution in [0.25, 0.3) is 0 Å². The third-order valence-corrected chi connectivity index (χ3v) is 5.53. The van der Waals surface area contributed by atoms with Gasteiger partial charge in [-0.3, -0.25) is 0 Å². The Bertz CT molecular complexity index is 174. The molecule has 0 amide bonds. The van der Waals surface area contributed by atoms with Gasteiger partial charge in [0.25, 0.3) is 0 Å². The van der Waals surface area contributed by atoms with Gasteiger partial charge in [0.2, 0.25) is 0 Å². The third-order valence-electron chi connectivity index (χ3n) is 5.53. The molecule has 0 heteroatoms. The lowest BCUT2D eigenvalue weighted by Gasteiger charge is -2.54. The molecule has 0 nitrogen and oxygen atoms in total. The van der Waals surface area contributed by atoms with Crippen LogP contribution in [-0.4, -0.2) is 0 Å². The second kappa shape index (κ2) is 3.87. The molecule has 0 radical (unpaired) electrons. The predicted octanol–water partition coefficient (Wildman–Crippen LogP) is 4.89. The lowest BCUT2D eigenvalue weighted by Crippen LogP contribution is -2.45. The molecular weight excluding hydrogens is 168 g/mol. The van der Waals surface area contributed by atoms with Crippen molar-refractivity contribution in [3.8, 4) is 0 Å². The van der Waals surface area contributed by atoms with Gasteiger partial charge in [-0.05, 0) is 35.5 Å². The van der Waals surface area contributed by atoms with E-state index in [0.29, 0.717) is 10.8 Å². The van der Waals surface area contributed by atoms with Crippen LogP contribution in [0.5, 0.6) is 0 Å². The Kier molecular flexibility index (Phi) is 3.33. The molecule has 0 bridgehead atoms. The number of hydrogen-bond donors (Lipinski definition) is 0. The van der Waals surface area contributed by atoms with Gasteiger partial charge in [0.1, 0.15) is 0 Å². The zero-order chi connectivity index (χ0) is 11.0. The monoisotopic (exact) mass is 196 g/mol. The van der Waals surface area contributed by atoms with Crippen LogP contribution in [-0.2, 0) is 0 Å². The summed E-state index contributed by atoms with van der Waals surface area (Å²) < 4.78 is 0. The van der Waals surface area contributed by atoms with E-state index in [1.54, 1.807) is 0 Å². The Hall–Kier alpha value is 0. The first-order valence-electron chi connectivity index (χ1n) is 6.38. The zero-order valence-corrected chi connectivity index (χ0v) is 11.0.